The number of rotatable bonds is 4. The second kappa shape index (κ2) is 4.93. The summed E-state index contributed by atoms with van der Waals surface area (Å²) in [6.07, 6.45) is 0. The first-order valence-electron chi connectivity index (χ1n) is 5.08. The van der Waals surface area contributed by atoms with E-state index in [2.05, 4.69) is 9.47 Å². The maximum Gasteiger partial charge on any atom is 0.554 e. The molecule has 0 saturated heterocycles. The van der Waals surface area contributed by atoms with Gasteiger partial charge in [0, 0.05) is 6.07 Å². The van der Waals surface area contributed by atoms with Crippen LogP contribution in [0.25, 0.3) is 0 Å². The molecule has 14 nitrogen and oxygen atoms in total. The smallest absolute Gasteiger partial charge is 0.389 e. The monoisotopic (exact) mass is 314 g/mol. The highest BCUT2D eigenvalue weighted by Crippen LogP contribution is 2.47. The predicted molar refractivity (Wildman–Crippen MR) is 62.0 cm³/mol. The molecule has 0 N–H and O–H groups in total. The van der Waals surface area contributed by atoms with Crippen molar-refractivity contribution in [2.45, 2.75) is 0 Å². The van der Waals surface area contributed by atoms with Gasteiger partial charge >= 0.3 is 23.1 Å². The summed E-state index contributed by atoms with van der Waals surface area (Å²) in [5.41, 5.74) is -2.23. The van der Waals surface area contributed by atoms with Crippen LogP contribution >= 0.6 is 0 Å². The Bertz CT molecular complexity index is 768. The van der Waals surface area contributed by atoms with Gasteiger partial charge in [-0.05, 0) is 6.07 Å². The number of hydrogen-bond acceptors (Lipinski definition) is 10. The van der Waals surface area contributed by atoms with Crippen LogP contribution in [0.3, 0.4) is 0 Å². The number of nitro benzene ring substituents is 2. The molecule has 1 heterocycles. The van der Waals surface area contributed by atoms with Gasteiger partial charge in [-0.25, -0.2) is 0 Å². The fourth-order valence-electron chi connectivity index (χ4n) is 1.56. The van der Waals surface area contributed by atoms with Crippen LogP contribution in [0.5, 0.6) is 11.5 Å². The number of ether oxygens (including phenoxy) is 2. The molecule has 0 bridgehead atoms. The van der Waals surface area contributed by atoms with Gasteiger partial charge in [0.25, 0.3) is 5.75 Å². The van der Waals surface area contributed by atoms with Crippen LogP contribution in [0.1, 0.15) is 0 Å². The summed E-state index contributed by atoms with van der Waals surface area (Å²) in [5.74, 6) is -4.52. The first-order valence-corrected chi connectivity index (χ1v) is 5.08. The minimum atomic E-state index is -1.53. The molecule has 1 aliphatic rings. The van der Waals surface area contributed by atoms with Gasteiger partial charge in [-0.1, -0.05) is 0 Å². The quantitative estimate of drug-likeness (QED) is 0.570. The van der Waals surface area contributed by atoms with Gasteiger partial charge in [0.1, 0.15) is 9.85 Å². The topological polar surface area (TPSA) is 191 Å². The van der Waals surface area contributed by atoms with E-state index in [4.69, 9.17) is 0 Å². The van der Waals surface area contributed by atoms with Crippen LogP contribution in [0.15, 0.2) is 23.9 Å². The summed E-state index contributed by atoms with van der Waals surface area (Å²) in [6.45, 7) is 0. The molecule has 14 heteroatoms. The Morgan fingerprint density at radius 1 is 0.727 bits per heavy atom. The average molecular weight is 314 g/mol. The Hall–Kier alpha value is -3.84. The molecule has 1 aliphatic heterocycles. The van der Waals surface area contributed by atoms with E-state index in [1.54, 1.807) is 0 Å². The molecule has 0 spiro atoms. The highest BCUT2D eigenvalue weighted by molar-refractivity contribution is 5.68. The zero-order valence-electron chi connectivity index (χ0n) is 10.0. The van der Waals surface area contributed by atoms with Crippen molar-refractivity contribution in [3.63, 3.8) is 0 Å². The van der Waals surface area contributed by atoms with E-state index in [0.29, 0.717) is 6.07 Å². The van der Waals surface area contributed by atoms with E-state index in [1.165, 1.54) is 0 Å². The summed E-state index contributed by atoms with van der Waals surface area (Å²) in [7, 11) is 0. The SMILES string of the molecule is O=[N+]([O-])C1=C([N+](=O)[O-])Oc2c(ccc([N+](=O)[O-])c2[N+](=O)[O-])O1. The molecular weight excluding hydrogens is 312 g/mol. The third kappa shape index (κ3) is 2.19. The molecule has 0 saturated carbocycles. The molecule has 114 valence electrons. The summed E-state index contributed by atoms with van der Waals surface area (Å²) in [4.78, 5) is 38.1. The van der Waals surface area contributed by atoms with Crippen molar-refractivity contribution in [1.29, 1.82) is 0 Å². The standard InChI is InChI=1S/C8H2N4O10/c13-9(14)3-1-2-4-6(5(3)10(15)16)22-8(12(19)20)7(21-4)11(17)18/h1-2H. The van der Waals surface area contributed by atoms with Crippen LogP contribution in [0.4, 0.5) is 11.4 Å². The fourth-order valence-corrected chi connectivity index (χ4v) is 1.56. The second-order valence-electron chi connectivity index (χ2n) is 3.60. The maximum atomic E-state index is 10.9. The van der Waals surface area contributed by atoms with Gasteiger partial charge in [0.05, 0.1) is 9.85 Å². The molecule has 0 unspecified atom stereocenters. The molecule has 1 aromatic carbocycles. The van der Waals surface area contributed by atoms with E-state index in [-0.39, 0.29) is 0 Å². The number of benzene rings is 1. The average Bonchev–Trinajstić information content (AvgIpc) is 2.43. The molecule has 0 aromatic heterocycles. The molecule has 0 atom stereocenters. The van der Waals surface area contributed by atoms with E-state index < -0.39 is 54.3 Å². The van der Waals surface area contributed by atoms with Gasteiger partial charge in [0.2, 0.25) is 0 Å². The summed E-state index contributed by atoms with van der Waals surface area (Å²) in [6, 6.07) is 1.45. The number of nitrogens with zero attached hydrogens (tertiary/aromatic N) is 4. The molecular formula is C8H2N4O10. The van der Waals surface area contributed by atoms with Crippen molar-refractivity contribution in [2.24, 2.45) is 0 Å². The van der Waals surface area contributed by atoms with Crippen molar-refractivity contribution in [1.82, 2.24) is 0 Å². The first-order chi connectivity index (χ1) is 10.2. The lowest BCUT2D eigenvalue weighted by atomic mass is 10.2. The zero-order valence-corrected chi connectivity index (χ0v) is 10.0. The molecule has 0 amide bonds. The normalized spacial score (nSPS) is 12.7. The lowest BCUT2D eigenvalue weighted by Gasteiger charge is -2.13. The van der Waals surface area contributed by atoms with Crippen molar-refractivity contribution in [3.8, 4) is 11.5 Å². The van der Waals surface area contributed by atoms with Gasteiger partial charge in [-0.3, -0.25) is 40.5 Å². The number of hydrogen-bond donors (Lipinski definition) is 0. The Kier molecular flexibility index (Phi) is 3.26. The minimum Gasteiger partial charge on any atom is -0.389 e. The molecule has 2 rings (SSSR count). The lowest BCUT2D eigenvalue weighted by Crippen LogP contribution is -2.23. The Morgan fingerprint density at radius 3 is 1.73 bits per heavy atom. The second-order valence-corrected chi connectivity index (χ2v) is 3.60. The van der Waals surface area contributed by atoms with Crippen molar-refractivity contribution >= 4 is 11.4 Å². The predicted octanol–water partition coefficient (Wildman–Crippen LogP) is 0.954. The third-order valence-electron chi connectivity index (χ3n) is 2.37. The van der Waals surface area contributed by atoms with Crippen LogP contribution in [0.2, 0.25) is 0 Å². The minimum absolute atomic E-state index is 0.630. The van der Waals surface area contributed by atoms with Crippen molar-refractivity contribution in [3.05, 3.63) is 64.4 Å². The van der Waals surface area contributed by atoms with Crippen LogP contribution in [-0.4, -0.2) is 19.7 Å². The largest absolute Gasteiger partial charge is 0.554 e. The Labute approximate surface area is 117 Å². The van der Waals surface area contributed by atoms with Gasteiger partial charge in [-0.2, -0.15) is 0 Å². The molecule has 0 aliphatic carbocycles. The van der Waals surface area contributed by atoms with Crippen molar-refractivity contribution < 1.29 is 29.2 Å². The lowest BCUT2D eigenvalue weighted by molar-refractivity contribution is -0.511. The number of fused-ring (bicyclic) bond motifs is 1. The number of nitro groups is 4. The Balaban J connectivity index is 2.71. The van der Waals surface area contributed by atoms with E-state index in [9.17, 15) is 40.5 Å². The van der Waals surface area contributed by atoms with E-state index >= 15 is 0 Å². The van der Waals surface area contributed by atoms with Crippen LogP contribution in [0, 0.1) is 40.5 Å². The van der Waals surface area contributed by atoms with Gasteiger partial charge in [-0.15, -0.1) is 0 Å². The molecule has 0 radical (unpaired) electrons. The Morgan fingerprint density at radius 2 is 1.27 bits per heavy atom. The summed E-state index contributed by atoms with van der Waals surface area (Å²) in [5, 5.41) is 43.1. The first kappa shape index (κ1) is 14.6. The highest BCUT2D eigenvalue weighted by atomic mass is 16.7. The molecule has 1 aromatic rings. The van der Waals surface area contributed by atoms with Crippen LogP contribution < -0.4 is 9.47 Å². The maximum absolute atomic E-state index is 10.9. The summed E-state index contributed by atoms with van der Waals surface area (Å²) < 4.78 is 9.10. The summed E-state index contributed by atoms with van der Waals surface area (Å²) >= 11 is 0. The van der Waals surface area contributed by atoms with E-state index in [0.717, 1.165) is 6.07 Å². The third-order valence-corrected chi connectivity index (χ3v) is 2.37. The van der Waals surface area contributed by atoms with Gasteiger partial charge in [0.15, 0.2) is 5.75 Å². The zero-order chi connectivity index (χ0) is 16.6. The highest BCUT2D eigenvalue weighted by Gasteiger charge is 2.46. The molecule has 22 heavy (non-hydrogen) atoms. The van der Waals surface area contributed by atoms with Crippen LogP contribution in [-0.2, 0) is 0 Å². The molecule has 0 fully saturated rings. The van der Waals surface area contributed by atoms with Crippen molar-refractivity contribution in [2.75, 3.05) is 0 Å². The van der Waals surface area contributed by atoms with E-state index in [1.807, 2.05) is 0 Å². The van der Waals surface area contributed by atoms with Gasteiger partial charge < -0.3 is 9.47 Å². The fraction of sp³-hybridized carbons (Fsp3) is 0.